The fraction of sp³-hybridized carbons (Fsp3) is 0. The van der Waals surface area contributed by atoms with Crippen LogP contribution in [0.25, 0.3) is 126 Å². The van der Waals surface area contributed by atoms with Gasteiger partial charge in [0.25, 0.3) is 0 Å². The molecule has 0 fully saturated rings. The number of hydrogen-bond donors (Lipinski definition) is 0. The van der Waals surface area contributed by atoms with E-state index in [2.05, 4.69) is 150 Å². The molecule has 0 aliphatic carbocycles. The van der Waals surface area contributed by atoms with Crippen LogP contribution in [-0.4, -0.2) is 19.5 Å². The normalized spacial score (nSPS) is 11.8. The van der Waals surface area contributed by atoms with E-state index >= 15 is 0 Å². The summed E-state index contributed by atoms with van der Waals surface area (Å²) in [6.07, 6.45) is 0. The van der Waals surface area contributed by atoms with Gasteiger partial charge in [0, 0.05) is 58.4 Å². The topological polar surface area (TPSA) is 56.7 Å². The summed E-state index contributed by atoms with van der Waals surface area (Å²) in [6, 6.07) is 72.6. The molecule has 0 amide bonds. The van der Waals surface area contributed by atoms with Crippen LogP contribution in [0.4, 0.5) is 0 Å². The van der Waals surface area contributed by atoms with Crippen molar-refractivity contribution < 1.29 is 4.42 Å². The van der Waals surface area contributed by atoms with Crippen LogP contribution >= 0.6 is 11.3 Å². The second-order valence-electron chi connectivity index (χ2n) is 16.0. The van der Waals surface area contributed by atoms with E-state index in [9.17, 15) is 0 Å². The first-order valence-electron chi connectivity index (χ1n) is 21.1. The lowest BCUT2D eigenvalue weighted by atomic mass is 9.97. The quantitative estimate of drug-likeness (QED) is 0.168. The van der Waals surface area contributed by atoms with Crippen LogP contribution in [0.5, 0.6) is 0 Å². The van der Waals surface area contributed by atoms with Crippen LogP contribution in [0.1, 0.15) is 0 Å². The SMILES string of the molecule is c1ccc(-c2ccc3c(c2)c2ccccc2n3-c2cccc3c2oc2cc(-c4ccc5sc6ccccc6c5c4)cc(-c4nc(-c5ccccc5)nc(-c5ccccc5)n4)c23)cc1. The molecule has 0 unspecified atom stereocenters. The van der Waals surface area contributed by atoms with Gasteiger partial charge in [-0.3, -0.25) is 0 Å². The number of hydrogen-bond acceptors (Lipinski definition) is 5. The van der Waals surface area contributed by atoms with Crippen molar-refractivity contribution in [2.75, 3.05) is 0 Å². The Bertz CT molecular complexity index is 3850. The van der Waals surface area contributed by atoms with E-state index < -0.39 is 0 Å². The van der Waals surface area contributed by atoms with Gasteiger partial charge in [0.05, 0.1) is 16.7 Å². The van der Waals surface area contributed by atoms with Crippen molar-refractivity contribution in [3.05, 3.63) is 206 Å². The summed E-state index contributed by atoms with van der Waals surface area (Å²) in [6.45, 7) is 0. The molecule has 6 heteroatoms. The van der Waals surface area contributed by atoms with Gasteiger partial charge in [0.15, 0.2) is 23.1 Å². The first-order chi connectivity index (χ1) is 31.2. The Hall–Kier alpha value is -8.19. The van der Waals surface area contributed by atoms with Crippen molar-refractivity contribution in [3.63, 3.8) is 0 Å². The minimum absolute atomic E-state index is 0.579. The van der Waals surface area contributed by atoms with Gasteiger partial charge >= 0.3 is 0 Å². The first-order valence-corrected chi connectivity index (χ1v) is 21.9. The summed E-state index contributed by atoms with van der Waals surface area (Å²) in [7, 11) is 0. The number of aromatic nitrogens is 4. The van der Waals surface area contributed by atoms with Crippen molar-refractivity contribution in [1.29, 1.82) is 0 Å². The van der Waals surface area contributed by atoms with Crippen LogP contribution in [0.3, 0.4) is 0 Å². The lowest BCUT2D eigenvalue weighted by Crippen LogP contribution is -2.00. The van der Waals surface area contributed by atoms with Gasteiger partial charge in [-0.25, -0.2) is 15.0 Å². The number of para-hydroxylation sites is 2. The van der Waals surface area contributed by atoms with E-state index in [1.165, 1.54) is 42.1 Å². The molecule has 4 aromatic heterocycles. The van der Waals surface area contributed by atoms with Crippen LogP contribution < -0.4 is 0 Å². The molecule has 4 heterocycles. The number of furan rings is 1. The molecule has 9 aromatic carbocycles. The highest BCUT2D eigenvalue weighted by Gasteiger charge is 2.23. The molecule has 0 bridgehead atoms. The van der Waals surface area contributed by atoms with Crippen molar-refractivity contribution in [3.8, 4) is 62.1 Å². The molecule has 0 aliphatic rings. The summed E-state index contributed by atoms with van der Waals surface area (Å²) < 4.78 is 12.1. The third-order valence-electron chi connectivity index (χ3n) is 12.2. The monoisotopic (exact) mass is 822 g/mol. The number of thiophene rings is 1. The minimum Gasteiger partial charge on any atom is -0.454 e. The molecular formula is C57H34N4OS. The van der Waals surface area contributed by atoms with E-state index in [1.54, 1.807) is 0 Å². The molecule has 0 spiro atoms. The smallest absolute Gasteiger partial charge is 0.164 e. The van der Waals surface area contributed by atoms with Gasteiger partial charge in [-0.2, -0.15) is 0 Å². The largest absolute Gasteiger partial charge is 0.454 e. The predicted molar refractivity (Wildman–Crippen MR) is 262 cm³/mol. The van der Waals surface area contributed by atoms with E-state index in [1.807, 2.05) is 72.0 Å². The molecule has 13 rings (SSSR count). The number of benzene rings is 9. The van der Waals surface area contributed by atoms with Gasteiger partial charge in [-0.05, 0) is 76.9 Å². The van der Waals surface area contributed by atoms with E-state index in [0.29, 0.717) is 17.5 Å². The maximum absolute atomic E-state index is 7.21. The second kappa shape index (κ2) is 14.2. The fourth-order valence-electron chi connectivity index (χ4n) is 9.31. The van der Waals surface area contributed by atoms with Gasteiger partial charge < -0.3 is 8.98 Å². The molecule has 0 atom stereocenters. The Morgan fingerprint density at radius 3 is 1.70 bits per heavy atom. The van der Waals surface area contributed by atoms with Gasteiger partial charge in [0.2, 0.25) is 0 Å². The third-order valence-corrected chi connectivity index (χ3v) is 13.4. The average Bonchev–Trinajstić information content (AvgIpc) is 4.03. The standard InChI is InChI=1S/C57H34N4OS/c1-4-15-35(16-5-1)38-27-29-48-44(31-38)41-21-10-12-24-47(41)61(48)49-25-14-23-43-53-46(57-59-55(36-17-6-2-7-18-36)58-56(60-57)37-19-8-3-9-20-37)33-40(34-50(53)62-54(43)49)39-28-30-52-45(32-39)42-22-11-13-26-51(42)63-52/h1-34H. The maximum Gasteiger partial charge on any atom is 0.164 e. The molecule has 63 heavy (non-hydrogen) atoms. The molecule has 0 radical (unpaired) electrons. The van der Waals surface area contributed by atoms with E-state index in [0.717, 1.165) is 66.5 Å². The Balaban J connectivity index is 1.10. The third kappa shape index (κ3) is 5.80. The molecule has 0 aliphatic heterocycles. The maximum atomic E-state index is 7.21. The molecule has 0 saturated heterocycles. The van der Waals surface area contributed by atoms with Crippen LogP contribution in [0, 0.1) is 0 Å². The van der Waals surface area contributed by atoms with Crippen LogP contribution in [0.15, 0.2) is 211 Å². The number of nitrogens with zero attached hydrogens (tertiary/aromatic N) is 4. The summed E-state index contributed by atoms with van der Waals surface area (Å²) in [4.78, 5) is 15.6. The van der Waals surface area contributed by atoms with Gasteiger partial charge in [-0.1, -0.05) is 152 Å². The fourth-order valence-corrected chi connectivity index (χ4v) is 10.4. The predicted octanol–water partition coefficient (Wildman–Crippen LogP) is 15.6. The zero-order valence-corrected chi connectivity index (χ0v) is 34.6. The molecular weight excluding hydrogens is 789 g/mol. The Morgan fingerprint density at radius 1 is 0.365 bits per heavy atom. The minimum atomic E-state index is 0.579. The van der Waals surface area contributed by atoms with Crippen LogP contribution in [-0.2, 0) is 0 Å². The lowest BCUT2D eigenvalue weighted by molar-refractivity contribution is 0.666. The van der Waals surface area contributed by atoms with Crippen molar-refractivity contribution in [2.24, 2.45) is 0 Å². The summed E-state index contributed by atoms with van der Waals surface area (Å²) in [5, 5.41) is 6.80. The highest BCUT2D eigenvalue weighted by molar-refractivity contribution is 7.25. The Kier molecular flexibility index (Phi) is 8.01. The van der Waals surface area contributed by atoms with Gasteiger partial charge in [-0.15, -0.1) is 11.3 Å². The molecule has 13 aromatic rings. The van der Waals surface area contributed by atoms with E-state index in [4.69, 9.17) is 19.4 Å². The Labute approximate surface area is 365 Å². The molecule has 0 N–H and O–H groups in total. The van der Waals surface area contributed by atoms with Crippen molar-refractivity contribution >= 4 is 75.3 Å². The highest BCUT2D eigenvalue weighted by Crippen LogP contribution is 2.45. The highest BCUT2D eigenvalue weighted by atomic mass is 32.1. The van der Waals surface area contributed by atoms with Gasteiger partial charge in [0.1, 0.15) is 5.58 Å². The van der Waals surface area contributed by atoms with Crippen LogP contribution in [0.2, 0.25) is 0 Å². The number of rotatable bonds is 6. The summed E-state index contributed by atoms with van der Waals surface area (Å²) >= 11 is 1.82. The van der Waals surface area contributed by atoms with Crippen molar-refractivity contribution in [2.45, 2.75) is 0 Å². The molecule has 5 nitrogen and oxygen atoms in total. The Morgan fingerprint density at radius 2 is 0.937 bits per heavy atom. The first kappa shape index (κ1) is 35.6. The zero-order chi connectivity index (χ0) is 41.4. The lowest BCUT2D eigenvalue weighted by Gasteiger charge is -2.11. The summed E-state index contributed by atoms with van der Waals surface area (Å²) in [5.74, 6) is 1.80. The van der Waals surface area contributed by atoms with E-state index in [-0.39, 0.29) is 0 Å². The summed E-state index contributed by atoms with van der Waals surface area (Å²) in [5.41, 5.74) is 11.9. The second-order valence-corrected chi connectivity index (χ2v) is 17.0. The zero-order valence-electron chi connectivity index (χ0n) is 33.7. The number of fused-ring (bicyclic) bond motifs is 9. The molecule has 0 saturated carbocycles. The average molecular weight is 823 g/mol. The molecule has 294 valence electrons. The van der Waals surface area contributed by atoms with Crippen molar-refractivity contribution in [1.82, 2.24) is 19.5 Å².